The number of benzene rings is 1. The zero-order chi connectivity index (χ0) is 14.1. The third-order valence-corrected chi connectivity index (χ3v) is 3.90. The molecule has 106 valence electrons. The summed E-state index contributed by atoms with van der Waals surface area (Å²) in [6.45, 7) is 0.566. The molecular formula is C14H12N4O2S. The maximum Gasteiger partial charge on any atom is 0.315 e. The number of nitrogens with one attached hydrogen (secondary N) is 1. The van der Waals surface area contributed by atoms with Gasteiger partial charge in [0.15, 0.2) is 6.10 Å². The van der Waals surface area contributed by atoms with E-state index in [0.29, 0.717) is 18.5 Å². The lowest BCUT2D eigenvalue weighted by Gasteiger charge is -2.04. The van der Waals surface area contributed by atoms with E-state index in [4.69, 9.17) is 9.15 Å². The van der Waals surface area contributed by atoms with Crippen LogP contribution in [-0.2, 0) is 13.0 Å². The molecule has 3 aromatic rings. The fraction of sp³-hybridized carbons (Fsp3) is 0.214. The van der Waals surface area contributed by atoms with E-state index in [1.165, 1.54) is 0 Å². The number of fused-ring (bicyclic) bond motifs is 1. The summed E-state index contributed by atoms with van der Waals surface area (Å²) in [6, 6.07) is 8.34. The minimum Gasteiger partial charge on any atom is -0.480 e. The number of hydrogen-bond donors (Lipinski definition) is 1. The van der Waals surface area contributed by atoms with E-state index in [2.05, 4.69) is 20.5 Å². The molecule has 2 aromatic heterocycles. The minimum absolute atomic E-state index is 0.204. The lowest BCUT2D eigenvalue weighted by atomic mass is 10.1. The highest BCUT2D eigenvalue weighted by atomic mass is 32.1. The molecule has 21 heavy (non-hydrogen) atoms. The molecule has 1 aliphatic heterocycles. The molecule has 6 nitrogen and oxygen atoms in total. The second-order valence-electron chi connectivity index (χ2n) is 4.70. The number of ether oxygens (including phenoxy) is 1. The first kappa shape index (κ1) is 12.3. The SMILES string of the molecule is c1ccc2c(c1)CC(c1nnc(NCc3cscn3)o1)O2. The summed E-state index contributed by atoms with van der Waals surface area (Å²) in [6.07, 6.45) is 0.550. The van der Waals surface area contributed by atoms with Gasteiger partial charge in [0.1, 0.15) is 5.75 Å². The van der Waals surface area contributed by atoms with Crippen LogP contribution in [0.5, 0.6) is 5.75 Å². The Kier molecular flexibility index (Phi) is 3.04. The van der Waals surface area contributed by atoms with Crippen LogP contribution in [0.1, 0.15) is 23.3 Å². The molecule has 0 bridgehead atoms. The van der Waals surface area contributed by atoms with Gasteiger partial charge in [-0.25, -0.2) is 4.98 Å². The van der Waals surface area contributed by atoms with E-state index in [-0.39, 0.29) is 6.10 Å². The molecule has 1 unspecified atom stereocenters. The van der Waals surface area contributed by atoms with Gasteiger partial charge in [-0.15, -0.1) is 16.4 Å². The number of thiazole rings is 1. The van der Waals surface area contributed by atoms with Crippen molar-refractivity contribution in [2.45, 2.75) is 19.1 Å². The van der Waals surface area contributed by atoms with Gasteiger partial charge in [0.25, 0.3) is 5.89 Å². The maximum absolute atomic E-state index is 5.82. The molecule has 0 spiro atoms. The Bertz CT molecular complexity index is 716. The van der Waals surface area contributed by atoms with Gasteiger partial charge in [-0.05, 0) is 11.6 Å². The van der Waals surface area contributed by atoms with Crippen molar-refractivity contribution in [3.63, 3.8) is 0 Å². The van der Waals surface area contributed by atoms with E-state index in [9.17, 15) is 0 Å². The van der Waals surface area contributed by atoms with Crippen LogP contribution in [0.25, 0.3) is 0 Å². The monoisotopic (exact) mass is 300 g/mol. The zero-order valence-electron chi connectivity index (χ0n) is 11.0. The van der Waals surface area contributed by atoms with Crippen molar-refractivity contribution < 1.29 is 9.15 Å². The summed E-state index contributed by atoms with van der Waals surface area (Å²) in [5, 5.41) is 13.1. The summed E-state index contributed by atoms with van der Waals surface area (Å²) in [4.78, 5) is 4.18. The van der Waals surface area contributed by atoms with Gasteiger partial charge >= 0.3 is 6.01 Å². The maximum atomic E-state index is 5.82. The van der Waals surface area contributed by atoms with E-state index in [1.807, 2.05) is 29.6 Å². The van der Waals surface area contributed by atoms with E-state index in [1.54, 1.807) is 16.8 Å². The lowest BCUT2D eigenvalue weighted by molar-refractivity contribution is 0.199. The van der Waals surface area contributed by atoms with Gasteiger partial charge in [0.05, 0.1) is 17.7 Å². The molecule has 0 saturated heterocycles. The average Bonchev–Trinajstić information content (AvgIpc) is 3.24. The van der Waals surface area contributed by atoms with Crippen LogP contribution >= 0.6 is 11.3 Å². The molecule has 7 heteroatoms. The van der Waals surface area contributed by atoms with Crippen molar-refractivity contribution in [3.05, 3.63) is 52.3 Å². The summed E-state index contributed by atoms with van der Waals surface area (Å²) in [5.41, 5.74) is 3.90. The molecule has 4 rings (SSSR count). The molecule has 0 amide bonds. The molecule has 0 radical (unpaired) electrons. The van der Waals surface area contributed by atoms with Crippen LogP contribution < -0.4 is 10.1 Å². The number of anilines is 1. The number of hydrogen-bond acceptors (Lipinski definition) is 7. The second kappa shape index (κ2) is 5.17. The topological polar surface area (TPSA) is 73.1 Å². The number of aromatic nitrogens is 3. The van der Waals surface area contributed by atoms with Crippen molar-refractivity contribution >= 4 is 17.4 Å². The van der Waals surface area contributed by atoms with Crippen molar-refractivity contribution in [1.82, 2.24) is 15.2 Å². The van der Waals surface area contributed by atoms with Gasteiger partial charge in [-0.2, -0.15) is 0 Å². The second-order valence-corrected chi connectivity index (χ2v) is 5.42. The molecule has 0 fully saturated rings. The first-order chi connectivity index (χ1) is 10.4. The first-order valence-electron chi connectivity index (χ1n) is 6.57. The third-order valence-electron chi connectivity index (χ3n) is 3.27. The molecule has 1 atom stereocenters. The number of rotatable bonds is 4. The Morgan fingerprint density at radius 3 is 3.10 bits per heavy atom. The fourth-order valence-electron chi connectivity index (χ4n) is 2.25. The average molecular weight is 300 g/mol. The summed E-state index contributed by atoms with van der Waals surface area (Å²) in [5.74, 6) is 1.38. The Hall–Kier alpha value is -2.41. The highest BCUT2D eigenvalue weighted by Crippen LogP contribution is 2.35. The van der Waals surface area contributed by atoms with Crippen molar-refractivity contribution in [3.8, 4) is 5.75 Å². The third kappa shape index (κ3) is 2.47. The minimum atomic E-state index is -0.204. The van der Waals surface area contributed by atoms with Crippen molar-refractivity contribution in [1.29, 1.82) is 0 Å². The van der Waals surface area contributed by atoms with Gasteiger partial charge in [0.2, 0.25) is 0 Å². The first-order valence-corrected chi connectivity index (χ1v) is 7.51. The highest BCUT2D eigenvalue weighted by molar-refractivity contribution is 7.07. The zero-order valence-corrected chi connectivity index (χ0v) is 11.8. The number of nitrogens with zero attached hydrogens (tertiary/aromatic N) is 3. The van der Waals surface area contributed by atoms with E-state index in [0.717, 1.165) is 23.4 Å². The molecule has 0 saturated carbocycles. The van der Waals surface area contributed by atoms with Crippen LogP contribution in [0, 0.1) is 0 Å². The smallest absolute Gasteiger partial charge is 0.315 e. The normalized spacial score (nSPS) is 16.5. The van der Waals surface area contributed by atoms with Crippen molar-refractivity contribution in [2.24, 2.45) is 0 Å². The largest absolute Gasteiger partial charge is 0.480 e. The fourth-order valence-corrected chi connectivity index (χ4v) is 2.81. The Labute approximate surface area is 124 Å². The highest BCUT2D eigenvalue weighted by Gasteiger charge is 2.28. The van der Waals surface area contributed by atoms with Gasteiger partial charge in [0, 0.05) is 11.8 Å². The van der Waals surface area contributed by atoms with Crippen LogP contribution in [0.2, 0.25) is 0 Å². The molecular weight excluding hydrogens is 288 g/mol. The van der Waals surface area contributed by atoms with Gasteiger partial charge < -0.3 is 14.5 Å². The van der Waals surface area contributed by atoms with E-state index >= 15 is 0 Å². The predicted octanol–water partition coefficient (Wildman–Crippen LogP) is 2.81. The van der Waals surface area contributed by atoms with Crippen molar-refractivity contribution in [2.75, 3.05) is 5.32 Å². The van der Waals surface area contributed by atoms with E-state index < -0.39 is 0 Å². The lowest BCUT2D eigenvalue weighted by Crippen LogP contribution is -2.03. The predicted molar refractivity (Wildman–Crippen MR) is 77.3 cm³/mol. The molecule has 1 N–H and O–H groups in total. The molecule has 0 aliphatic carbocycles. The Balaban J connectivity index is 1.44. The van der Waals surface area contributed by atoms with Crippen LogP contribution in [-0.4, -0.2) is 15.2 Å². The molecule has 1 aromatic carbocycles. The number of para-hydroxylation sites is 1. The van der Waals surface area contributed by atoms with Crippen LogP contribution in [0.4, 0.5) is 6.01 Å². The summed E-state index contributed by atoms with van der Waals surface area (Å²) < 4.78 is 11.4. The quantitative estimate of drug-likeness (QED) is 0.798. The van der Waals surface area contributed by atoms with Crippen LogP contribution in [0.15, 0.2) is 39.6 Å². The molecule has 1 aliphatic rings. The molecule has 3 heterocycles. The summed E-state index contributed by atoms with van der Waals surface area (Å²) in [7, 11) is 0. The Morgan fingerprint density at radius 1 is 1.29 bits per heavy atom. The Morgan fingerprint density at radius 2 is 2.24 bits per heavy atom. The summed E-state index contributed by atoms with van der Waals surface area (Å²) >= 11 is 1.56. The van der Waals surface area contributed by atoms with Gasteiger partial charge in [-0.1, -0.05) is 23.3 Å². The van der Waals surface area contributed by atoms with Crippen LogP contribution in [0.3, 0.4) is 0 Å². The standard InChI is InChI=1S/C14H12N4O2S/c1-2-4-11-9(3-1)5-12(19-11)13-17-18-14(20-13)15-6-10-7-21-8-16-10/h1-4,7-8,12H,5-6H2,(H,15,18). The van der Waals surface area contributed by atoms with Gasteiger partial charge in [-0.3, -0.25) is 0 Å².